The Balaban J connectivity index is 1.08. The van der Waals surface area contributed by atoms with E-state index >= 15 is 0 Å². The normalized spacial score (nSPS) is 13.1. The van der Waals surface area contributed by atoms with Crippen molar-refractivity contribution in [2.24, 2.45) is 0 Å². The zero-order chi connectivity index (χ0) is 37.5. The van der Waals surface area contributed by atoms with Crippen molar-refractivity contribution in [1.29, 1.82) is 0 Å². The van der Waals surface area contributed by atoms with Gasteiger partial charge in [0.15, 0.2) is 0 Å². The fourth-order valence-electron chi connectivity index (χ4n) is 9.89. The average Bonchev–Trinajstić information content (AvgIpc) is 3.91. The van der Waals surface area contributed by atoms with E-state index in [1.165, 1.54) is 55.6 Å². The van der Waals surface area contributed by atoms with Gasteiger partial charge in [-0.2, -0.15) is 0 Å². The lowest BCUT2D eigenvalue weighted by Crippen LogP contribution is -2.25. The second kappa shape index (κ2) is 12.3. The molecule has 0 saturated heterocycles. The fraction of sp³-hybridized carbons (Fsp3) is 0.0182. The van der Waals surface area contributed by atoms with E-state index < -0.39 is 0 Å². The SMILES string of the molecule is c1ccc(-c2ccc(N(c3ccc4c(c3)-c3ccccc3C43c4ccccc4-c4ccccc43)c3ccccc3-c3ccc4oc5ccccc5c4c3)cc2)cc1. The van der Waals surface area contributed by atoms with Gasteiger partial charge in [-0.15, -0.1) is 0 Å². The summed E-state index contributed by atoms with van der Waals surface area (Å²) in [4.78, 5) is 2.44. The highest BCUT2D eigenvalue weighted by Gasteiger charge is 2.51. The van der Waals surface area contributed by atoms with Gasteiger partial charge in [-0.1, -0.05) is 164 Å². The van der Waals surface area contributed by atoms with Crippen LogP contribution in [-0.2, 0) is 5.41 Å². The summed E-state index contributed by atoms with van der Waals surface area (Å²) >= 11 is 0. The van der Waals surface area contributed by atoms with Gasteiger partial charge in [0.05, 0.1) is 11.1 Å². The maximum absolute atomic E-state index is 6.25. The molecule has 0 aliphatic heterocycles. The molecule has 2 nitrogen and oxygen atoms in total. The predicted octanol–water partition coefficient (Wildman–Crippen LogP) is 14.7. The molecule has 0 amide bonds. The molecule has 57 heavy (non-hydrogen) atoms. The Kier molecular flexibility index (Phi) is 6.88. The van der Waals surface area contributed by atoms with Crippen LogP contribution in [0.4, 0.5) is 17.1 Å². The summed E-state index contributed by atoms with van der Waals surface area (Å²) in [6.45, 7) is 0. The minimum Gasteiger partial charge on any atom is -0.456 e. The summed E-state index contributed by atoms with van der Waals surface area (Å²) in [6.07, 6.45) is 0. The summed E-state index contributed by atoms with van der Waals surface area (Å²) in [6, 6.07) is 77.5. The molecule has 0 unspecified atom stereocenters. The van der Waals surface area contributed by atoms with Crippen molar-refractivity contribution in [3.8, 4) is 44.5 Å². The van der Waals surface area contributed by atoms with Crippen molar-refractivity contribution in [3.05, 3.63) is 235 Å². The number of hydrogen-bond donors (Lipinski definition) is 0. The molecule has 1 aromatic heterocycles. The molecule has 9 aromatic carbocycles. The van der Waals surface area contributed by atoms with E-state index in [1.54, 1.807) is 0 Å². The van der Waals surface area contributed by atoms with Gasteiger partial charge in [-0.3, -0.25) is 0 Å². The molecule has 2 aliphatic rings. The third kappa shape index (κ3) is 4.59. The van der Waals surface area contributed by atoms with Crippen LogP contribution in [0.1, 0.15) is 22.3 Å². The zero-order valence-electron chi connectivity index (χ0n) is 31.1. The summed E-state index contributed by atoms with van der Waals surface area (Å²) in [5.74, 6) is 0. The van der Waals surface area contributed by atoms with Crippen LogP contribution in [0.3, 0.4) is 0 Å². The molecule has 0 radical (unpaired) electrons. The number of anilines is 3. The number of nitrogens with zero attached hydrogens (tertiary/aromatic N) is 1. The van der Waals surface area contributed by atoms with E-state index in [9.17, 15) is 0 Å². The van der Waals surface area contributed by atoms with Crippen molar-refractivity contribution in [1.82, 2.24) is 0 Å². The van der Waals surface area contributed by atoms with Crippen LogP contribution in [0.2, 0.25) is 0 Å². The van der Waals surface area contributed by atoms with E-state index in [4.69, 9.17) is 4.42 Å². The van der Waals surface area contributed by atoms with Crippen molar-refractivity contribution in [3.63, 3.8) is 0 Å². The summed E-state index contributed by atoms with van der Waals surface area (Å²) in [5.41, 5.74) is 20.0. The summed E-state index contributed by atoms with van der Waals surface area (Å²) in [7, 11) is 0. The third-order valence-electron chi connectivity index (χ3n) is 12.3. The summed E-state index contributed by atoms with van der Waals surface area (Å²) in [5, 5.41) is 2.25. The van der Waals surface area contributed by atoms with Gasteiger partial charge < -0.3 is 9.32 Å². The fourth-order valence-corrected chi connectivity index (χ4v) is 9.89. The highest BCUT2D eigenvalue weighted by Crippen LogP contribution is 2.63. The zero-order valence-corrected chi connectivity index (χ0v) is 31.1. The van der Waals surface area contributed by atoms with Crippen LogP contribution >= 0.6 is 0 Å². The highest BCUT2D eigenvalue weighted by atomic mass is 16.3. The molecule has 1 heterocycles. The predicted molar refractivity (Wildman–Crippen MR) is 236 cm³/mol. The molecule has 2 aliphatic carbocycles. The van der Waals surface area contributed by atoms with Gasteiger partial charge in [-0.25, -0.2) is 0 Å². The highest BCUT2D eigenvalue weighted by molar-refractivity contribution is 6.07. The van der Waals surface area contributed by atoms with Crippen molar-refractivity contribution < 1.29 is 4.42 Å². The first kappa shape index (κ1) is 31.9. The van der Waals surface area contributed by atoms with E-state index in [-0.39, 0.29) is 5.41 Å². The molecular formula is C55H35NO. The first-order chi connectivity index (χ1) is 28.3. The van der Waals surface area contributed by atoms with Gasteiger partial charge in [0, 0.05) is 27.7 Å². The Hall–Kier alpha value is -7.42. The van der Waals surface area contributed by atoms with Gasteiger partial charge in [-0.05, 0) is 110 Å². The second-order valence-corrected chi connectivity index (χ2v) is 15.2. The molecule has 0 saturated carbocycles. The Labute approximate surface area is 331 Å². The van der Waals surface area contributed by atoms with Crippen LogP contribution in [0.15, 0.2) is 217 Å². The molecule has 1 spiro atoms. The Morgan fingerprint density at radius 3 is 1.54 bits per heavy atom. The number of para-hydroxylation sites is 2. The van der Waals surface area contributed by atoms with E-state index in [2.05, 4.69) is 205 Å². The third-order valence-corrected chi connectivity index (χ3v) is 12.3. The van der Waals surface area contributed by atoms with Crippen LogP contribution in [0.25, 0.3) is 66.4 Å². The Morgan fingerprint density at radius 1 is 0.316 bits per heavy atom. The number of benzene rings is 9. The lowest BCUT2D eigenvalue weighted by atomic mass is 9.70. The number of hydrogen-bond acceptors (Lipinski definition) is 2. The number of rotatable bonds is 5. The smallest absolute Gasteiger partial charge is 0.135 e. The molecule has 2 heteroatoms. The van der Waals surface area contributed by atoms with Crippen molar-refractivity contribution >= 4 is 39.0 Å². The topological polar surface area (TPSA) is 16.4 Å². The van der Waals surface area contributed by atoms with E-state index in [1.807, 2.05) is 12.1 Å². The molecule has 12 rings (SSSR count). The molecule has 0 N–H and O–H groups in total. The second-order valence-electron chi connectivity index (χ2n) is 15.2. The average molecular weight is 726 g/mol. The van der Waals surface area contributed by atoms with E-state index in [0.717, 1.165) is 50.1 Å². The molecule has 0 bridgehead atoms. The summed E-state index contributed by atoms with van der Waals surface area (Å²) < 4.78 is 6.25. The largest absolute Gasteiger partial charge is 0.456 e. The maximum atomic E-state index is 6.25. The van der Waals surface area contributed by atoms with Crippen LogP contribution in [0, 0.1) is 0 Å². The van der Waals surface area contributed by atoms with Gasteiger partial charge in [0.25, 0.3) is 0 Å². The number of fused-ring (bicyclic) bond motifs is 13. The van der Waals surface area contributed by atoms with Gasteiger partial charge >= 0.3 is 0 Å². The molecule has 266 valence electrons. The quantitative estimate of drug-likeness (QED) is 0.176. The van der Waals surface area contributed by atoms with Crippen molar-refractivity contribution in [2.45, 2.75) is 5.41 Å². The monoisotopic (exact) mass is 725 g/mol. The first-order valence-electron chi connectivity index (χ1n) is 19.7. The van der Waals surface area contributed by atoms with Crippen LogP contribution in [-0.4, -0.2) is 0 Å². The Bertz CT molecular complexity index is 3140. The van der Waals surface area contributed by atoms with Crippen LogP contribution < -0.4 is 4.90 Å². The van der Waals surface area contributed by atoms with Crippen molar-refractivity contribution in [2.75, 3.05) is 4.90 Å². The minimum absolute atomic E-state index is 0.388. The molecule has 0 fully saturated rings. The lowest BCUT2D eigenvalue weighted by molar-refractivity contribution is 0.669. The molecule has 10 aromatic rings. The lowest BCUT2D eigenvalue weighted by Gasteiger charge is -2.31. The maximum Gasteiger partial charge on any atom is 0.135 e. The molecule has 0 atom stereocenters. The molecular weight excluding hydrogens is 691 g/mol. The Morgan fingerprint density at radius 2 is 0.825 bits per heavy atom. The standard InChI is InChI=1S/C55H35NO/c1-2-14-36(15-3-1)37-26-29-39(30-27-37)56(52-24-12-7-16-41(52)38-28-33-54-47(34-38)45-20-8-13-25-53(45)57-54)40-31-32-51-46(35-40)44-19-6-11-23-50(44)55(51)48-21-9-4-17-42(48)43-18-5-10-22-49(43)55/h1-35H. The van der Waals surface area contributed by atoms with Gasteiger partial charge in [0.1, 0.15) is 11.2 Å². The van der Waals surface area contributed by atoms with Gasteiger partial charge in [0.2, 0.25) is 0 Å². The minimum atomic E-state index is -0.388. The number of furan rings is 1. The van der Waals surface area contributed by atoms with E-state index in [0.29, 0.717) is 0 Å². The van der Waals surface area contributed by atoms with Crippen LogP contribution in [0.5, 0.6) is 0 Å². The first-order valence-corrected chi connectivity index (χ1v) is 19.7.